The van der Waals surface area contributed by atoms with Crippen LogP contribution in [0.5, 0.6) is 0 Å². The number of nitrogens with zero attached hydrogens (tertiary/aromatic N) is 2. The topological polar surface area (TPSA) is 235 Å². The predicted molar refractivity (Wildman–Crippen MR) is 177 cm³/mol. The van der Waals surface area contributed by atoms with Crippen LogP contribution in [-0.4, -0.2) is 124 Å². The summed E-state index contributed by atoms with van der Waals surface area (Å²) in [6, 6.07) is -2.49. The van der Waals surface area contributed by atoms with Crippen LogP contribution in [0.15, 0.2) is 0 Å². The first-order chi connectivity index (χ1) is 21.9. The number of piperidine rings is 1. The minimum atomic E-state index is -4.45. The van der Waals surface area contributed by atoms with Crippen LogP contribution >= 0.6 is 0 Å². The maximum absolute atomic E-state index is 13.7. The highest BCUT2D eigenvalue weighted by Gasteiger charge is 2.65. The van der Waals surface area contributed by atoms with E-state index in [1.165, 1.54) is 11.9 Å². The fraction of sp³-hybridized carbons (Fsp3) is 0.833. The van der Waals surface area contributed by atoms with Gasteiger partial charge in [-0.2, -0.15) is 0 Å². The zero-order valence-corrected chi connectivity index (χ0v) is 30.6. The molecule has 2 amide bonds. The van der Waals surface area contributed by atoms with E-state index in [1.807, 2.05) is 13.8 Å². The quantitative estimate of drug-likeness (QED) is 0.103. The number of rotatable bonds is 14. The first kappa shape index (κ1) is 39.6. The molecule has 3 rings (SSSR count). The molecule has 5 unspecified atom stereocenters. The largest absolute Gasteiger partial charge is 0.459 e. The van der Waals surface area contributed by atoms with E-state index in [-0.39, 0.29) is 30.7 Å². The van der Waals surface area contributed by atoms with Gasteiger partial charge in [-0.05, 0) is 64.7 Å². The van der Waals surface area contributed by atoms with E-state index < -0.39 is 96.2 Å². The third-order valence-corrected chi connectivity index (χ3v) is 12.7. The molecule has 3 aliphatic rings. The van der Waals surface area contributed by atoms with E-state index in [1.54, 1.807) is 27.7 Å². The Morgan fingerprint density at radius 2 is 1.81 bits per heavy atom. The van der Waals surface area contributed by atoms with Crippen molar-refractivity contribution in [1.82, 2.24) is 19.8 Å². The smallest absolute Gasteiger partial charge is 0.321 e. The molecule has 2 saturated carbocycles. The van der Waals surface area contributed by atoms with Gasteiger partial charge in [-0.3, -0.25) is 24.6 Å². The molecule has 1 saturated heterocycles. The van der Waals surface area contributed by atoms with Crippen molar-refractivity contribution >= 4 is 49.4 Å². The number of nitrogens with two attached hydrogens (primary N) is 1. The number of carbonyl (C=O) groups is 4. The highest BCUT2D eigenvalue weighted by atomic mass is 32.2. The summed E-state index contributed by atoms with van der Waals surface area (Å²) in [6.45, 7) is 10.3. The Morgan fingerprint density at radius 1 is 1.17 bits per heavy atom. The fourth-order valence-corrected chi connectivity index (χ4v) is 10.7. The molecule has 0 spiro atoms. The van der Waals surface area contributed by atoms with Crippen LogP contribution in [-0.2, 0) is 48.5 Å². The molecule has 18 heteroatoms. The summed E-state index contributed by atoms with van der Waals surface area (Å²) < 4.78 is 66.7. The summed E-state index contributed by atoms with van der Waals surface area (Å²) in [7, 11) is -7.66. The number of hydrogen-bond acceptors (Lipinski definition) is 11. The second-order valence-corrected chi connectivity index (χ2v) is 18.5. The summed E-state index contributed by atoms with van der Waals surface area (Å²) in [4.78, 5) is 54.7. The van der Waals surface area contributed by atoms with Crippen molar-refractivity contribution in [1.29, 1.82) is 5.41 Å². The summed E-state index contributed by atoms with van der Waals surface area (Å²) in [5.41, 5.74) is 2.90. The number of carbonyl (C=O) groups excluding carboxylic acids is 4. The maximum Gasteiger partial charge on any atom is 0.321 e. The van der Waals surface area contributed by atoms with E-state index >= 15 is 0 Å². The molecule has 2 aliphatic carbocycles. The van der Waals surface area contributed by atoms with Gasteiger partial charge in [0.1, 0.15) is 23.2 Å². The standard InChI is InChI=1S/C30H52N6O10S2/c1-8-45-26-20(10-9-13-36(26)27(31)32)33-23(38)15-35(7)25(40)21(16-47(41,42)17-24(39)46-28(2,3)4)34-48(43,44)18-30-12-11-19(14-22(30)37)29(30,5)6/h19-21,26,34H,8-18H2,1-7H3,(H3,31,32)(H,33,38). The number of likely N-dealkylation sites (N-methyl/N-ethyl adjacent to an activating group) is 1. The molecule has 48 heavy (non-hydrogen) atoms. The third-order valence-electron chi connectivity index (χ3n) is 9.69. The molecule has 0 aromatic heterocycles. The number of sulfone groups is 1. The Labute approximate surface area is 283 Å². The van der Waals surface area contributed by atoms with Crippen LogP contribution < -0.4 is 15.8 Å². The molecule has 0 aromatic carbocycles. The van der Waals surface area contributed by atoms with Gasteiger partial charge in [0.05, 0.1) is 24.1 Å². The number of esters is 1. The van der Waals surface area contributed by atoms with E-state index in [0.717, 1.165) is 4.90 Å². The minimum absolute atomic E-state index is 0.0190. The van der Waals surface area contributed by atoms with Crippen molar-refractivity contribution < 1.29 is 45.5 Å². The first-order valence-electron chi connectivity index (χ1n) is 16.2. The number of likely N-dealkylation sites (tertiary alicyclic amines) is 1. The summed E-state index contributed by atoms with van der Waals surface area (Å²) >= 11 is 0. The van der Waals surface area contributed by atoms with E-state index in [2.05, 4.69) is 10.0 Å². The number of hydrogen-bond donors (Lipinski definition) is 4. The van der Waals surface area contributed by atoms with Gasteiger partial charge in [0.25, 0.3) is 0 Å². The Balaban J connectivity index is 1.82. The number of ether oxygens (including phenoxy) is 2. The lowest BCUT2D eigenvalue weighted by Crippen LogP contribution is -2.60. The summed E-state index contributed by atoms with van der Waals surface area (Å²) in [6.07, 6.45) is 1.66. The Bertz CT molecular complexity index is 1490. The van der Waals surface area contributed by atoms with Crippen molar-refractivity contribution in [2.24, 2.45) is 22.5 Å². The van der Waals surface area contributed by atoms with E-state index in [9.17, 15) is 36.0 Å². The van der Waals surface area contributed by atoms with E-state index in [4.69, 9.17) is 20.6 Å². The van der Waals surface area contributed by atoms with Crippen LogP contribution in [0.3, 0.4) is 0 Å². The number of amides is 2. The van der Waals surface area contributed by atoms with Gasteiger partial charge in [-0.1, -0.05) is 13.8 Å². The first-order valence-corrected chi connectivity index (χ1v) is 19.6. The lowest BCUT2D eigenvalue weighted by atomic mass is 9.70. The second-order valence-electron chi connectivity index (χ2n) is 14.7. The SMILES string of the molecule is CCOC1C(NC(=O)CN(C)C(=O)C(CS(=O)(=O)CC(=O)OC(C)(C)C)NS(=O)(=O)CC23CCC(CC2=O)C3(C)C)CCCN1C(=N)N. The molecule has 274 valence electrons. The normalized spacial score (nSPS) is 26.2. The zero-order chi connectivity index (χ0) is 36.5. The van der Waals surface area contributed by atoms with E-state index in [0.29, 0.717) is 32.2 Å². The number of fused-ring (bicyclic) bond motifs is 2. The minimum Gasteiger partial charge on any atom is -0.459 e. The molecule has 16 nitrogen and oxygen atoms in total. The van der Waals surface area contributed by atoms with Gasteiger partial charge in [-0.25, -0.2) is 21.6 Å². The highest BCUT2D eigenvalue weighted by Crippen LogP contribution is 2.64. The molecule has 0 aromatic rings. The van der Waals surface area contributed by atoms with Crippen LogP contribution in [0.25, 0.3) is 0 Å². The highest BCUT2D eigenvalue weighted by molar-refractivity contribution is 7.92. The molecule has 2 bridgehead atoms. The summed E-state index contributed by atoms with van der Waals surface area (Å²) in [5.74, 6) is -5.96. The predicted octanol–water partition coefficient (Wildman–Crippen LogP) is -0.279. The van der Waals surface area contributed by atoms with Crippen LogP contribution in [0.4, 0.5) is 0 Å². The van der Waals surface area contributed by atoms with Crippen molar-refractivity contribution in [2.45, 2.75) is 97.6 Å². The number of nitrogens with one attached hydrogen (secondary N) is 3. The van der Waals surface area contributed by atoms with Crippen molar-refractivity contribution in [3.63, 3.8) is 0 Å². The Hall–Kier alpha value is -2.83. The second kappa shape index (κ2) is 14.6. The third kappa shape index (κ3) is 9.24. The van der Waals surface area contributed by atoms with Gasteiger partial charge in [-0.15, -0.1) is 0 Å². The van der Waals surface area contributed by atoms with Crippen molar-refractivity contribution in [3.05, 3.63) is 0 Å². The zero-order valence-electron chi connectivity index (χ0n) is 29.0. The monoisotopic (exact) mass is 720 g/mol. The molecule has 5 N–H and O–H groups in total. The Morgan fingerprint density at radius 3 is 2.33 bits per heavy atom. The number of ketones is 1. The molecule has 3 fully saturated rings. The van der Waals surface area contributed by atoms with Crippen LogP contribution in [0, 0.1) is 22.2 Å². The van der Waals surface area contributed by atoms with Gasteiger partial charge < -0.3 is 30.3 Å². The molecular weight excluding hydrogens is 668 g/mol. The molecule has 0 radical (unpaired) electrons. The molecule has 1 heterocycles. The lowest BCUT2D eigenvalue weighted by molar-refractivity contribution is -0.151. The average molecular weight is 721 g/mol. The maximum atomic E-state index is 13.7. The van der Waals surface area contributed by atoms with Gasteiger partial charge in [0, 0.05) is 32.0 Å². The van der Waals surface area contributed by atoms with Gasteiger partial charge in [0.2, 0.25) is 21.8 Å². The Kier molecular flexibility index (Phi) is 12.0. The van der Waals surface area contributed by atoms with Gasteiger partial charge in [0.15, 0.2) is 22.0 Å². The number of guanidine groups is 1. The lowest BCUT2D eigenvalue weighted by Gasteiger charge is -2.41. The van der Waals surface area contributed by atoms with Crippen molar-refractivity contribution in [2.75, 3.05) is 44.0 Å². The molecule has 1 aliphatic heterocycles. The van der Waals surface area contributed by atoms with Crippen molar-refractivity contribution in [3.8, 4) is 0 Å². The van der Waals surface area contributed by atoms with Crippen LogP contribution in [0.1, 0.15) is 73.6 Å². The van der Waals surface area contributed by atoms with Gasteiger partial charge >= 0.3 is 5.97 Å². The van der Waals surface area contributed by atoms with Crippen LogP contribution in [0.2, 0.25) is 0 Å². The fourth-order valence-electron chi connectivity index (χ4n) is 7.27. The molecule has 5 atom stereocenters. The average Bonchev–Trinajstić information content (AvgIpc) is 3.25. The number of sulfonamides is 1. The summed E-state index contributed by atoms with van der Waals surface area (Å²) in [5, 5.41) is 10.6. The number of Topliss-reactive ketones (excluding diaryl/α,β-unsaturated/α-hetero) is 1. The molecular formula is C30H52N6O10S2.